The molecule has 3 atom stereocenters. The van der Waals surface area contributed by atoms with Crippen LogP contribution < -0.4 is 21.5 Å². The van der Waals surface area contributed by atoms with Gasteiger partial charge in [0.25, 0.3) is 0 Å². The van der Waals surface area contributed by atoms with Crippen LogP contribution in [-0.4, -0.2) is 65.2 Å². The summed E-state index contributed by atoms with van der Waals surface area (Å²) in [6.45, 7) is 9.93. The van der Waals surface area contributed by atoms with Crippen LogP contribution in [0.15, 0.2) is 24.3 Å². The summed E-state index contributed by atoms with van der Waals surface area (Å²) < 4.78 is 2.13. The van der Waals surface area contributed by atoms with Gasteiger partial charge in [-0.15, -0.1) is 12.4 Å². The third kappa shape index (κ3) is 4.57. The zero-order valence-corrected chi connectivity index (χ0v) is 18.0. The fourth-order valence-corrected chi connectivity index (χ4v) is 4.34. The molecule has 1 aromatic carbocycles. The number of carbonyl (C=O) groups excluding carboxylic acids is 1. The van der Waals surface area contributed by atoms with Crippen molar-refractivity contribution in [3.05, 3.63) is 24.3 Å². The van der Waals surface area contributed by atoms with Gasteiger partial charge in [-0.3, -0.25) is 15.5 Å². The number of fused-ring (bicyclic) bond motifs is 2. The van der Waals surface area contributed by atoms with Crippen molar-refractivity contribution in [2.75, 3.05) is 38.0 Å². The van der Waals surface area contributed by atoms with Crippen molar-refractivity contribution >= 4 is 35.3 Å². The van der Waals surface area contributed by atoms with Crippen LogP contribution in [0.1, 0.15) is 20.3 Å². The Hall–Kier alpha value is -1.71. The molecule has 4 N–H and O–H groups in total. The van der Waals surface area contributed by atoms with Crippen LogP contribution in [0.4, 0.5) is 5.95 Å². The Morgan fingerprint density at radius 3 is 2.86 bits per heavy atom. The largest absolute Gasteiger partial charge is 0.316 e. The summed E-state index contributed by atoms with van der Waals surface area (Å²) in [5.74, 6) is 0.859. The molecular formula is C20H32ClN7O. The molecule has 0 bridgehead atoms. The second kappa shape index (κ2) is 9.86. The van der Waals surface area contributed by atoms with Crippen molar-refractivity contribution in [1.29, 1.82) is 0 Å². The zero-order chi connectivity index (χ0) is 19.5. The highest BCUT2D eigenvalue weighted by Crippen LogP contribution is 2.23. The molecule has 0 aliphatic carbocycles. The predicted octanol–water partition coefficient (Wildman–Crippen LogP) is 1.19. The Kier molecular flexibility index (Phi) is 7.48. The van der Waals surface area contributed by atoms with Gasteiger partial charge in [-0.05, 0) is 38.2 Å². The molecule has 4 rings (SSSR count). The van der Waals surface area contributed by atoms with Gasteiger partial charge in [0, 0.05) is 31.6 Å². The summed E-state index contributed by atoms with van der Waals surface area (Å²) >= 11 is 0. The molecule has 2 aromatic rings. The van der Waals surface area contributed by atoms with E-state index in [1.165, 1.54) is 0 Å². The maximum Gasteiger partial charge on any atom is 0.245 e. The van der Waals surface area contributed by atoms with Crippen LogP contribution in [0.5, 0.6) is 0 Å². The van der Waals surface area contributed by atoms with E-state index in [1.54, 1.807) is 0 Å². The molecule has 2 saturated heterocycles. The minimum Gasteiger partial charge on any atom is -0.316 e. The number of piperidine rings is 1. The predicted molar refractivity (Wildman–Crippen MR) is 118 cm³/mol. The van der Waals surface area contributed by atoms with Crippen LogP contribution in [0.2, 0.25) is 0 Å². The number of amides is 1. The number of nitrogens with one attached hydrogen (secondary N) is 4. The third-order valence-electron chi connectivity index (χ3n) is 6.09. The molecule has 0 spiro atoms. The highest BCUT2D eigenvalue weighted by Gasteiger charge is 2.41. The fourth-order valence-electron chi connectivity index (χ4n) is 4.34. The number of hydrogen-bond donors (Lipinski definition) is 4. The Bertz CT molecular complexity index is 822. The number of imidazole rings is 1. The lowest BCUT2D eigenvalue weighted by molar-refractivity contribution is -0.118. The molecule has 1 aromatic heterocycles. The highest BCUT2D eigenvalue weighted by atomic mass is 35.5. The molecule has 2 fully saturated rings. The number of likely N-dealkylation sites (N-methyl/N-ethyl adjacent to an activating group) is 1. The lowest BCUT2D eigenvalue weighted by atomic mass is 9.89. The number of carbonyl (C=O) groups is 1. The lowest BCUT2D eigenvalue weighted by Crippen LogP contribution is -2.47. The Morgan fingerprint density at radius 1 is 1.28 bits per heavy atom. The van der Waals surface area contributed by atoms with Crippen molar-refractivity contribution in [3.63, 3.8) is 0 Å². The smallest absolute Gasteiger partial charge is 0.245 e. The highest BCUT2D eigenvalue weighted by molar-refractivity contribution is 5.95. The van der Waals surface area contributed by atoms with Gasteiger partial charge in [-0.1, -0.05) is 26.0 Å². The number of rotatable bonds is 7. The van der Waals surface area contributed by atoms with Gasteiger partial charge >= 0.3 is 0 Å². The van der Waals surface area contributed by atoms with E-state index in [1.807, 2.05) is 18.2 Å². The van der Waals surface area contributed by atoms with E-state index in [4.69, 9.17) is 4.98 Å². The average molecular weight is 422 g/mol. The van der Waals surface area contributed by atoms with Gasteiger partial charge in [0.1, 0.15) is 6.04 Å². The van der Waals surface area contributed by atoms with Crippen molar-refractivity contribution in [2.45, 2.75) is 38.9 Å². The number of nitrogens with zero attached hydrogens (tertiary/aromatic N) is 3. The van der Waals surface area contributed by atoms with E-state index in [9.17, 15) is 4.79 Å². The van der Waals surface area contributed by atoms with E-state index in [-0.39, 0.29) is 30.3 Å². The van der Waals surface area contributed by atoms with E-state index < -0.39 is 0 Å². The topological polar surface area (TPSA) is 86.2 Å². The van der Waals surface area contributed by atoms with Crippen LogP contribution in [0, 0.1) is 5.92 Å². The standard InChI is InChI=1S/C20H31N7O.ClH/c1-3-26(4-2)11-12-27-17-8-6-5-7-16(17)22-20(27)23-19(28)18-14-13-21-10-9-15(14)24-25-18;/h5-8,14-15,18,21,24-25H,3-4,9-13H2,1-2H3,(H,22,23,28);1H. The maximum absolute atomic E-state index is 13.0. The number of benzene rings is 1. The quantitative estimate of drug-likeness (QED) is 0.537. The first kappa shape index (κ1) is 22.0. The molecule has 160 valence electrons. The second-order valence-electron chi connectivity index (χ2n) is 7.62. The molecule has 0 radical (unpaired) electrons. The summed E-state index contributed by atoms with van der Waals surface area (Å²) in [5.41, 5.74) is 8.44. The molecule has 0 saturated carbocycles. The van der Waals surface area contributed by atoms with Crippen LogP contribution in [0.3, 0.4) is 0 Å². The Balaban J connectivity index is 0.00000240. The van der Waals surface area contributed by atoms with E-state index in [2.05, 4.69) is 50.9 Å². The minimum atomic E-state index is -0.256. The number of hydrazine groups is 1. The molecule has 9 heteroatoms. The number of aromatic nitrogens is 2. The molecular weight excluding hydrogens is 390 g/mol. The molecule has 2 aliphatic heterocycles. The van der Waals surface area contributed by atoms with Crippen LogP contribution >= 0.6 is 12.4 Å². The van der Waals surface area contributed by atoms with Gasteiger partial charge in [-0.25, -0.2) is 10.4 Å². The Labute approximate surface area is 178 Å². The maximum atomic E-state index is 13.0. The van der Waals surface area contributed by atoms with E-state index in [0.717, 1.165) is 56.7 Å². The van der Waals surface area contributed by atoms with E-state index >= 15 is 0 Å². The molecule has 1 amide bonds. The minimum absolute atomic E-state index is 0. The lowest BCUT2D eigenvalue weighted by Gasteiger charge is -2.27. The van der Waals surface area contributed by atoms with Gasteiger partial charge in [0.05, 0.1) is 11.0 Å². The third-order valence-corrected chi connectivity index (χ3v) is 6.09. The summed E-state index contributed by atoms with van der Waals surface area (Å²) in [6, 6.07) is 8.15. The summed E-state index contributed by atoms with van der Waals surface area (Å²) in [5, 5.41) is 6.50. The van der Waals surface area contributed by atoms with Crippen molar-refractivity contribution in [2.24, 2.45) is 5.92 Å². The second-order valence-corrected chi connectivity index (χ2v) is 7.62. The number of hydrogen-bond acceptors (Lipinski definition) is 6. The molecule has 3 heterocycles. The van der Waals surface area contributed by atoms with Gasteiger partial charge in [-0.2, -0.15) is 0 Å². The van der Waals surface area contributed by atoms with Crippen molar-refractivity contribution in [3.8, 4) is 0 Å². The van der Waals surface area contributed by atoms with Crippen LogP contribution in [-0.2, 0) is 11.3 Å². The van der Waals surface area contributed by atoms with Crippen molar-refractivity contribution in [1.82, 2.24) is 30.6 Å². The monoisotopic (exact) mass is 421 g/mol. The number of para-hydroxylation sites is 2. The SMILES string of the molecule is CCN(CC)CCn1c(NC(=O)C2NNC3CCNCC32)nc2ccccc21.Cl. The number of anilines is 1. The summed E-state index contributed by atoms with van der Waals surface area (Å²) in [4.78, 5) is 20.1. The normalized spacial score (nSPS) is 23.8. The average Bonchev–Trinajstić information content (AvgIpc) is 3.30. The summed E-state index contributed by atoms with van der Waals surface area (Å²) in [6.07, 6.45) is 1.03. The van der Waals surface area contributed by atoms with Crippen LogP contribution in [0.25, 0.3) is 11.0 Å². The first-order valence-corrected chi connectivity index (χ1v) is 10.4. The first-order valence-electron chi connectivity index (χ1n) is 10.4. The molecule has 29 heavy (non-hydrogen) atoms. The molecule has 3 unspecified atom stereocenters. The fraction of sp³-hybridized carbons (Fsp3) is 0.600. The van der Waals surface area contributed by atoms with Gasteiger partial charge in [0.2, 0.25) is 11.9 Å². The van der Waals surface area contributed by atoms with E-state index in [0.29, 0.717) is 12.0 Å². The number of halogens is 1. The molecule has 2 aliphatic rings. The van der Waals surface area contributed by atoms with Gasteiger partial charge < -0.3 is 14.8 Å². The summed E-state index contributed by atoms with van der Waals surface area (Å²) in [7, 11) is 0. The first-order chi connectivity index (χ1) is 13.7. The zero-order valence-electron chi connectivity index (χ0n) is 17.1. The van der Waals surface area contributed by atoms with Gasteiger partial charge in [0.15, 0.2) is 0 Å². The Morgan fingerprint density at radius 2 is 2.07 bits per heavy atom. The van der Waals surface area contributed by atoms with Crippen molar-refractivity contribution < 1.29 is 4.79 Å². The molecule has 8 nitrogen and oxygen atoms in total.